The van der Waals surface area contributed by atoms with Gasteiger partial charge in [-0.2, -0.15) is 0 Å². The Labute approximate surface area is 285 Å². The van der Waals surface area contributed by atoms with E-state index in [2.05, 4.69) is 167 Å². The molecule has 2 aromatic heterocycles. The van der Waals surface area contributed by atoms with E-state index >= 15 is 0 Å². The van der Waals surface area contributed by atoms with Gasteiger partial charge in [0.15, 0.2) is 0 Å². The van der Waals surface area contributed by atoms with Crippen molar-refractivity contribution in [3.05, 3.63) is 121 Å². The third kappa shape index (κ3) is 5.51. The first-order valence-corrected chi connectivity index (χ1v) is 17.0. The molecule has 5 nitrogen and oxygen atoms in total. The van der Waals surface area contributed by atoms with Gasteiger partial charge in [0.2, 0.25) is 0 Å². The lowest BCUT2D eigenvalue weighted by Gasteiger charge is -2.27. The van der Waals surface area contributed by atoms with Crippen molar-refractivity contribution in [2.24, 2.45) is 5.92 Å². The lowest BCUT2D eigenvalue weighted by Crippen LogP contribution is -2.18. The van der Waals surface area contributed by atoms with E-state index in [0.717, 1.165) is 57.5 Å². The number of imidazole rings is 1. The number of furan rings is 1. The van der Waals surface area contributed by atoms with E-state index in [-0.39, 0.29) is 5.41 Å². The maximum Gasteiger partial charge on any atom is 0.144 e. The molecule has 6 aromatic rings. The fraction of sp³-hybridized carbons (Fsp3) is 0.279. The summed E-state index contributed by atoms with van der Waals surface area (Å²) in [5, 5.41) is 0. The number of benzene rings is 4. The second kappa shape index (κ2) is 12.2. The highest BCUT2D eigenvalue weighted by molar-refractivity contribution is 5.86. The van der Waals surface area contributed by atoms with Crippen LogP contribution >= 0.6 is 0 Å². The number of rotatable bonds is 9. The van der Waals surface area contributed by atoms with E-state index in [9.17, 15) is 0 Å². The van der Waals surface area contributed by atoms with Crippen LogP contribution in [0.2, 0.25) is 0 Å². The molecule has 7 rings (SSSR count). The average molecular weight is 635 g/mol. The molecule has 0 N–H and O–H groups in total. The Morgan fingerprint density at radius 2 is 1.38 bits per heavy atom. The van der Waals surface area contributed by atoms with Crippen LogP contribution in [-0.4, -0.2) is 37.7 Å². The van der Waals surface area contributed by atoms with Crippen molar-refractivity contribution < 1.29 is 4.42 Å². The van der Waals surface area contributed by atoms with Gasteiger partial charge in [-0.25, -0.2) is 4.98 Å². The van der Waals surface area contributed by atoms with Crippen LogP contribution in [0.1, 0.15) is 51.2 Å². The third-order valence-electron chi connectivity index (χ3n) is 10.3. The summed E-state index contributed by atoms with van der Waals surface area (Å²) in [6, 6.07) is 34.7. The highest BCUT2D eigenvalue weighted by Crippen LogP contribution is 2.56. The number of nitrogens with zero attached hydrogens (tertiary/aromatic N) is 4. The van der Waals surface area contributed by atoms with Gasteiger partial charge in [0, 0.05) is 62.8 Å². The molecule has 1 fully saturated rings. The summed E-state index contributed by atoms with van der Waals surface area (Å²) >= 11 is 0. The van der Waals surface area contributed by atoms with Crippen LogP contribution in [0.3, 0.4) is 0 Å². The molecule has 2 heterocycles. The van der Waals surface area contributed by atoms with Gasteiger partial charge in [0.25, 0.3) is 0 Å². The Hall–Kier alpha value is -5.03. The van der Waals surface area contributed by atoms with Gasteiger partial charge in [-0.3, -0.25) is 4.57 Å². The molecule has 0 amide bonds. The maximum absolute atomic E-state index is 6.71. The fourth-order valence-electron chi connectivity index (χ4n) is 7.14. The molecular weight excluding hydrogens is 589 g/mol. The summed E-state index contributed by atoms with van der Waals surface area (Å²) in [6.45, 7) is 9.23. The Morgan fingerprint density at radius 1 is 0.771 bits per heavy atom. The molecule has 1 saturated carbocycles. The van der Waals surface area contributed by atoms with Crippen molar-refractivity contribution in [3.8, 4) is 50.8 Å². The highest BCUT2D eigenvalue weighted by Gasteiger charge is 2.49. The summed E-state index contributed by atoms with van der Waals surface area (Å²) in [7, 11) is 8.49. The lowest BCUT2D eigenvalue weighted by molar-refractivity contribution is 0.592. The van der Waals surface area contributed by atoms with E-state index in [1.807, 2.05) is 12.3 Å². The molecule has 48 heavy (non-hydrogen) atoms. The van der Waals surface area contributed by atoms with Crippen LogP contribution in [0.15, 0.2) is 114 Å². The Kier molecular flexibility index (Phi) is 8.03. The Balaban J connectivity index is 1.44. The van der Waals surface area contributed by atoms with Gasteiger partial charge in [-0.1, -0.05) is 100 Å². The fourth-order valence-corrected chi connectivity index (χ4v) is 7.14. The molecule has 1 aliphatic carbocycles. The molecule has 2 atom stereocenters. The van der Waals surface area contributed by atoms with Crippen molar-refractivity contribution in [1.29, 1.82) is 0 Å². The van der Waals surface area contributed by atoms with Gasteiger partial charge in [-0.15, -0.1) is 0 Å². The molecule has 0 saturated heterocycles. The predicted molar refractivity (Wildman–Crippen MR) is 201 cm³/mol. The van der Waals surface area contributed by atoms with Crippen molar-refractivity contribution in [2.45, 2.75) is 45.4 Å². The van der Waals surface area contributed by atoms with Crippen molar-refractivity contribution in [3.63, 3.8) is 0 Å². The molecule has 4 aromatic carbocycles. The van der Waals surface area contributed by atoms with Crippen LogP contribution in [0, 0.1) is 5.92 Å². The standard InChI is InChI=1S/C43H46N4O/c1-28(2)34-26-39(31-17-13-10-14-18-31)48-41(34)32-19-20-36(43(4)27-29(43)3)35(23-32)42-44-21-22-47(42)40-37(45(5)6)24-33(25-38(40)46(7)8)30-15-11-9-12-16-30/h9-26,28-29H,27H2,1-8H3/t29-,43?/m0/s1. The van der Waals surface area contributed by atoms with Gasteiger partial charge in [0.1, 0.15) is 17.3 Å². The summed E-state index contributed by atoms with van der Waals surface area (Å²) in [5.41, 5.74) is 11.7. The summed E-state index contributed by atoms with van der Waals surface area (Å²) < 4.78 is 9.00. The Morgan fingerprint density at radius 3 is 1.94 bits per heavy atom. The molecule has 0 spiro atoms. The van der Waals surface area contributed by atoms with Crippen LogP contribution in [0.5, 0.6) is 0 Å². The monoisotopic (exact) mass is 634 g/mol. The first kappa shape index (κ1) is 31.6. The maximum atomic E-state index is 6.71. The first-order chi connectivity index (χ1) is 23.1. The second-order valence-corrected chi connectivity index (χ2v) is 14.3. The average Bonchev–Trinajstić information content (AvgIpc) is 3.46. The van der Waals surface area contributed by atoms with Crippen molar-refractivity contribution >= 4 is 11.4 Å². The molecule has 5 heteroatoms. The molecule has 244 valence electrons. The third-order valence-corrected chi connectivity index (χ3v) is 10.3. The molecule has 1 aliphatic rings. The van der Waals surface area contributed by atoms with E-state index in [1.165, 1.54) is 22.3 Å². The first-order valence-electron chi connectivity index (χ1n) is 17.0. The zero-order chi connectivity index (χ0) is 33.7. The topological polar surface area (TPSA) is 37.4 Å². The van der Waals surface area contributed by atoms with E-state index in [0.29, 0.717) is 11.8 Å². The molecule has 0 radical (unpaired) electrons. The minimum atomic E-state index is 0.0931. The number of hydrogen-bond acceptors (Lipinski definition) is 4. The second-order valence-electron chi connectivity index (χ2n) is 14.3. The lowest BCUT2D eigenvalue weighted by atomic mass is 9.88. The highest BCUT2D eigenvalue weighted by atomic mass is 16.3. The predicted octanol–water partition coefficient (Wildman–Crippen LogP) is 10.7. The molecule has 0 aliphatic heterocycles. The zero-order valence-corrected chi connectivity index (χ0v) is 29.5. The molecular formula is C43H46N4O. The van der Waals surface area contributed by atoms with Crippen LogP contribution in [0.4, 0.5) is 11.4 Å². The van der Waals surface area contributed by atoms with Gasteiger partial charge in [0.05, 0.1) is 17.1 Å². The summed E-state index contributed by atoms with van der Waals surface area (Å²) in [6.07, 6.45) is 5.21. The van der Waals surface area contributed by atoms with Crippen LogP contribution < -0.4 is 9.80 Å². The summed E-state index contributed by atoms with van der Waals surface area (Å²) in [4.78, 5) is 9.53. The smallest absolute Gasteiger partial charge is 0.144 e. The van der Waals surface area contributed by atoms with E-state index < -0.39 is 0 Å². The van der Waals surface area contributed by atoms with E-state index in [1.54, 1.807) is 0 Å². The van der Waals surface area contributed by atoms with Crippen LogP contribution in [0.25, 0.3) is 50.8 Å². The Bertz CT molecular complexity index is 2040. The minimum absolute atomic E-state index is 0.0931. The molecule has 0 bridgehead atoms. The molecule has 1 unspecified atom stereocenters. The SMILES string of the molecule is CC(C)c1cc(-c2ccccc2)oc1-c1ccc(C2(C)C[C@@H]2C)c(-c2nccn2-c2c(N(C)C)cc(-c3ccccc3)cc2N(C)C)c1. The van der Waals surface area contributed by atoms with Gasteiger partial charge in [-0.05, 0) is 64.6 Å². The zero-order valence-electron chi connectivity index (χ0n) is 29.5. The number of aromatic nitrogens is 2. The number of anilines is 2. The quantitative estimate of drug-likeness (QED) is 0.159. The normalized spacial score (nSPS) is 17.1. The van der Waals surface area contributed by atoms with Gasteiger partial charge >= 0.3 is 0 Å². The van der Waals surface area contributed by atoms with Crippen LogP contribution in [-0.2, 0) is 5.41 Å². The summed E-state index contributed by atoms with van der Waals surface area (Å²) in [5.74, 6) is 3.67. The van der Waals surface area contributed by atoms with Crippen molar-refractivity contribution in [1.82, 2.24) is 9.55 Å². The van der Waals surface area contributed by atoms with Gasteiger partial charge < -0.3 is 14.2 Å². The number of hydrogen-bond donors (Lipinski definition) is 0. The minimum Gasteiger partial charge on any atom is -0.456 e. The largest absolute Gasteiger partial charge is 0.456 e. The van der Waals surface area contributed by atoms with E-state index in [4.69, 9.17) is 9.40 Å². The van der Waals surface area contributed by atoms with Crippen molar-refractivity contribution in [2.75, 3.05) is 38.0 Å².